The Morgan fingerprint density at radius 3 is 2.56 bits per heavy atom. The van der Waals surface area contributed by atoms with Gasteiger partial charge >= 0.3 is 5.97 Å². The first-order valence-corrected chi connectivity index (χ1v) is 6.81. The zero-order chi connectivity index (χ0) is 11.5. The van der Waals surface area contributed by atoms with E-state index in [0.717, 1.165) is 36.4 Å². The maximum atomic E-state index is 10.8. The third kappa shape index (κ3) is 2.98. The molecule has 16 heavy (non-hydrogen) atoms. The molecule has 0 amide bonds. The molecule has 88 valence electrons. The first kappa shape index (κ1) is 11.9. The van der Waals surface area contributed by atoms with Crippen LogP contribution in [0.25, 0.3) is 0 Å². The molecule has 1 aromatic heterocycles. The fourth-order valence-electron chi connectivity index (χ4n) is 2.36. The van der Waals surface area contributed by atoms with E-state index in [1.54, 1.807) is 11.3 Å². The van der Waals surface area contributed by atoms with Gasteiger partial charge in [-0.2, -0.15) is 0 Å². The Hall–Kier alpha value is -0.540. The second-order valence-corrected chi connectivity index (χ2v) is 6.27. The van der Waals surface area contributed by atoms with Gasteiger partial charge in [-0.3, -0.25) is 4.79 Å². The van der Waals surface area contributed by atoms with E-state index in [9.17, 15) is 4.79 Å². The van der Waals surface area contributed by atoms with Gasteiger partial charge in [0.2, 0.25) is 0 Å². The molecule has 1 aromatic rings. The molecule has 2 rings (SSSR count). The Balaban J connectivity index is 1.83. The van der Waals surface area contributed by atoms with Crippen LogP contribution in [0.2, 0.25) is 4.34 Å². The van der Waals surface area contributed by atoms with Crippen LogP contribution in [0, 0.1) is 11.8 Å². The predicted molar refractivity (Wildman–Crippen MR) is 66.1 cm³/mol. The highest BCUT2D eigenvalue weighted by Gasteiger charge is 2.26. The van der Waals surface area contributed by atoms with E-state index in [1.165, 1.54) is 4.88 Å². The van der Waals surface area contributed by atoms with E-state index in [-0.39, 0.29) is 5.92 Å². The highest BCUT2D eigenvalue weighted by molar-refractivity contribution is 7.16. The van der Waals surface area contributed by atoms with E-state index in [0.29, 0.717) is 5.92 Å². The molecule has 0 spiro atoms. The van der Waals surface area contributed by atoms with E-state index in [2.05, 4.69) is 6.07 Å². The molecule has 0 bridgehead atoms. The van der Waals surface area contributed by atoms with Gasteiger partial charge in [0.05, 0.1) is 10.3 Å². The Bertz CT molecular complexity index is 367. The third-order valence-corrected chi connectivity index (χ3v) is 4.57. The molecule has 1 saturated carbocycles. The fraction of sp³-hybridized carbons (Fsp3) is 0.583. The zero-order valence-electron chi connectivity index (χ0n) is 8.99. The van der Waals surface area contributed by atoms with Gasteiger partial charge < -0.3 is 5.11 Å². The quantitative estimate of drug-likeness (QED) is 0.895. The minimum Gasteiger partial charge on any atom is -0.481 e. The van der Waals surface area contributed by atoms with Crippen molar-refractivity contribution >= 4 is 28.9 Å². The zero-order valence-corrected chi connectivity index (χ0v) is 10.6. The molecule has 0 saturated heterocycles. The van der Waals surface area contributed by atoms with Crippen LogP contribution in [0.15, 0.2) is 12.1 Å². The third-order valence-electron chi connectivity index (χ3n) is 3.31. The summed E-state index contributed by atoms with van der Waals surface area (Å²) in [5.41, 5.74) is 0. The van der Waals surface area contributed by atoms with Gasteiger partial charge in [0.1, 0.15) is 0 Å². The molecule has 1 fully saturated rings. The largest absolute Gasteiger partial charge is 0.481 e. The van der Waals surface area contributed by atoms with E-state index >= 15 is 0 Å². The number of halogens is 1. The topological polar surface area (TPSA) is 37.3 Å². The van der Waals surface area contributed by atoms with Crippen molar-refractivity contribution in [3.05, 3.63) is 21.3 Å². The molecular weight excluding hydrogens is 244 g/mol. The molecule has 0 atom stereocenters. The molecule has 0 aromatic carbocycles. The fourth-order valence-corrected chi connectivity index (χ4v) is 3.56. The maximum absolute atomic E-state index is 10.8. The summed E-state index contributed by atoms with van der Waals surface area (Å²) < 4.78 is 0.842. The summed E-state index contributed by atoms with van der Waals surface area (Å²) in [6, 6.07) is 4.01. The Morgan fingerprint density at radius 1 is 1.38 bits per heavy atom. The monoisotopic (exact) mass is 258 g/mol. The molecule has 1 aliphatic carbocycles. The van der Waals surface area contributed by atoms with Crippen molar-refractivity contribution in [3.63, 3.8) is 0 Å². The van der Waals surface area contributed by atoms with Gasteiger partial charge in [0, 0.05) is 4.88 Å². The lowest BCUT2D eigenvalue weighted by Gasteiger charge is -2.25. The first-order chi connectivity index (χ1) is 7.65. The molecule has 1 N–H and O–H groups in total. The summed E-state index contributed by atoms with van der Waals surface area (Å²) in [6.07, 6.45) is 4.79. The number of rotatable bonds is 3. The van der Waals surface area contributed by atoms with Crippen molar-refractivity contribution in [1.29, 1.82) is 0 Å². The molecule has 0 unspecified atom stereocenters. The van der Waals surface area contributed by atoms with Crippen LogP contribution in [0.1, 0.15) is 30.6 Å². The van der Waals surface area contributed by atoms with Crippen LogP contribution in [0.3, 0.4) is 0 Å². The van der Waals surface area contributed by atoms with E-state index in [4.69, 9.17) is 16.7 Å². The molecule has 2 nitrogen and oxygen atoms in total. The van der Waals surface area contributed by atoms with Gasteiger partial charge in [-0.05, 0) is 50.2 Å². The molecule has 4 heteroatoms. The molecule has 0 aliphatic heterocycles. The van der Waals surface area contributed by atoms with Crippen LogP contribution >= 0.6 is 22.9 Å². The first-order valence-electron chi connectivity index (χ1n) is 5.62. The number of carboxylic acids is 1. The second kappa shape index (κ2) is 5.19. The summed E-state index contributed by atoms with van der Waals surface area (Å²) in [5.74, 6) is -0.0916. The molecule has 0 radical (unpaired) electrons. The van der Waals surface area contributed by atoms with E-state index in [1.807, 2.05) is 6.07 Å². The Kier molecular flexibility index (Phi) is 3.87. The predicted octanol–water partition coefficient (Wildman–Crippen LogP) is 3.84. The van der Waals surface area contributed by atoms with Gasteiger partial charge in [-0.15, -0.1) is 11.3 Å². The van der Waals surface area contributed by atoms with Crippen LogP contribution in [-0.4, -0.2) is 11.1 Å². The summed E-state index contributed by atoms with van der Waals surface area (Å²) in [7, 11) is 0. The second-order valence-electron chi connectivity index (χ2n) is 4.47. The number of hydrogen-bond acceptors (Lipinski definition) is 2. The van der Waals surface area contributed by atoms with E-state index < -0.39 is 5.97 Å². The lowest BCUT2D eigenvalue weighted by Crippen LogP contribution is -2.22. The van der Waals surface area contributed by atoms with Crippen molar-refractivity contribution in [2.45, 2.75) is 32.1 Å². The van der Waals surface area contributed by atoms with Crippen molar-refractivity contribution in [3.8, 4) is 0 Å². The summed E-state index contributed by atoms with van der Waals surface area (Å²) in [6.45, 7) is 0. The van der Waals surface area contributed by atoms with Crippen LogP contribution in [0.5, 0.6) is 0 Å². The molecular formula is C12H15ClO2S. The Labute approximate surface area is 104 Å². The lowest BCUT2D eigenvalue weighted by molar-refractivity contribution is -0.143. The smallest absolute Gasteiger partial charge is 0.306 e. The number of carboxylic acid groups (broad SMARTS) is 1. The highest BCUT2D eigenvalue weighted by Crippen LogP contribution is 2.33. The Morgan fingerprint density at radius 2 is 2.06 bits per heavy atom. The van der Waals surface area contributed by atoms with Crippen molar-refractivity contribution in [2.24, 2.45) is 11.8 Å². The van der Waals surface area contributed by atoms with Crippen molar-refractivity contribution < 1.29 is 9.90 Å². The van der Waals surface area contributed by atoms with Crippen LogP contribution < -0.4 is 0 Å². The summed E-state index contributed by atoms with van der Waals surface area (Å²) in [4.78, 5) is 12.1. The number of aliphatic carboxylic acids is 1. The molecule has 1 heterocycles. The molecule has 1 aliphatic rings. The van der Waals surface area contributed by atoms with Crippen molar-refractivity contribution in [2.75, 3.05) is 0 Å². The normalized spacial score (nSPS) is 25.6. The van der Waals surface area contributed by atoms with Gasteiger partial charge in [-0.1, -0.05) is 11.6 Å². The van der Waals surface area contributed by atoms with Gasteiger partial charge in [-0.25, -0.2) is 0 Å². The maximum Gasteiger partial charge on any atom is 0.306 e. The van der Waals surface area contributed by atoms with Crippen LogP contribution in [-0.2, 0) is 11.2 Å². The number of hydrogen-bond donors (Lipinski definition) is 1. The van der Waals surface area contributed by atoms with Crippen LogP contribution in [0.4, 0.5) is 0 Å². The minimum atomic E-state index is -0.627. The standard InChI is InChI=1S/C12H15ClO2S/c13-11-6-5-10(16-11)7-8-1-3-9(4-2-8)12(14)15/h5-6,8-9H,1-4,7H2,(H,14,15). The summed E-state index contributed by atoms with van der Waals surface area (Å²) in [5, 5.41) is 8.90. The van der Waals surface area contributed by atoms with Crippen molar-refractivity contribution in [1.82, 2.24) is 0 Å². The SMILES string of the molecule is O=C(O)C1CCC(Cc2ccc(Cl)s2)CC1. The van der Waals surface area contributed by atoms with Gasteiger partial charge in [0.15, 0.2) is 0 Å². The average molecular weight is 259 g/mol. The summed E-state index contributed by atoms with van der Waals surface area (Å²) >= 11 is 7.52. The number of carbonyl (C=O) groups is 1. The average Bonchev–Trinajstić information content (AvgIpc) is 2.65. The highest BCUT2D eigenvalue weighted by atomic mass is 35.5. The lowest BCUT2D eigenvalue weighted by atomic mass is 9.80. The minimum absolute atomic E-state index is 0.108. The number of thiophene rings is 1. The van der Waals surface area contributed by atoms with Gasteiger partial charge in [0.25, 0.3) is 0 Å².